The Balaban J connectivity index is 1.75. The molecule has 1 unspecified atom stereocenters. The summed E-state index contributed by atoms with van der Waals surface area (Å²) >= 11 is 0. The second-order valence-corrected chi connectivity index (χ2v) is 8.87. The summed E-state index contributed by atoms with van der Waals surface area (Å²) in [5.41, 5.74) is -0.863. The van der Waals surface area contributed by atoms with Crippen molar-refractivity contribution in [3.8, 4) is 0 Å². The number of piperazine rings is 1. The standard InChI is InChI=1S/C18H33N5O3/c1-17(2,3)14(24)19-7-8-20-15-21-11-13-12-22(9-10-23(13)15)16(25)26-18(4,5)6/h13H,7-12H2,1-6H3,(H,19,24)(H,20,21). The Bertz CT molecular complexity index is 562. The first-order valence-electron chi connectivity index (χ1n) is 9.28. The van der Waals surface area contributed by atoms with Gasteiger partial charge in [0.2, 0.25) is 5.91 Å². The van der Waals surface area contributed by atoms with Gasteiger partial charge in [-0.2, -0.15) is 0 Å². The Morgan fingerprint density at radius 2 is 1.85 bits per heavy atom. The summed E-state index contributed by atoms with van der Waals surface area (Å²) in [6.07, 6.45) is -0.261. The summed E-state index contributed by atoms with van der Waals surface area (Å²) in [5, 5.41) is 6.21. The lowest BCUT2D eigenvalue weighted by molar-refractivity contribution is -0.128. The highest BCUT2D eigenvalue weighted by Crippen LogP contribution is 2.18. The first-order chi connectivity index (χ1) is 12.0. The summed E-state index contributed by atoms with van der Waals surface area (Å²) in [7, 11) is 0. The molecule has 0 spiro atoms. The maximum Gasteiger partial charge on any atom is 0.410 e. The van der Waals surface area contributed by atoms with Gasteiger partial charge in [0, 0.05) is 38.1 Å². The number of carbonyl (C=O) groups is 2. The maximum absolute atomic E-state index is 12.2. The molecule has 0 aliphatic carbocycles. The second kappa shape index (κ2) is 7.72. The lowest BCUT2D eigenvalue weighted by atomic mass is 9.96. The van der Waals surface area contributed by atoms with Gasteiger partial charge in [0.15, 0.2) is 5.96 Å². The van der Waals surface area contributed by atoms with E-state index in [4.69, 9.17) is 4.74 Å². The zero-order valence-electron chi connectivity index (χ0n) is 16.9. The van der Waals surface area contributed by atoms with E-state index < -0.39 is 5.60 Å². The minimum atomic E-state index is -0.482. The van der Waals surface area contributed by atoms with E-state index in [0.29, 0.717) is 32.7 Å². The Kier molecular flexibility index (Phi) is 6.03. The molecule has 26 heavy (non-hydrogen) atoms. The van der Waals surface area contributed by atoms with E-state index in [2.05, 4.69) is 20.5 Å². The minimum Gasteiger partial charge on any atom is -0.444 e. The van der Waals surface area contributed by atoms with Crippen LogP contribution in [0.2, 0.25) is 0 Å². The van der Waals surface area contributed by atoms with Crippen molar-refractivity contribution in [1.29, 1.82) is 0 Å². The molecule has 2 amide bonds. The molecule has 2 aliphatic heterocycles. The van der Waals surface area contributed by atoms with Crippen molar-refractivity contribution in [2.75, 3.05) is 39.3 Å². The lowest BCUT2D eigenvalue weighted by Gasteiger charge is -2.39. The largest absolute Gasteiger partial charge is 0.444 e. The molecule has 2 N–H and O–H groups in total. The third kappa shape index (κ3) is 5.51. The van der Waals surface area contributed by atoms with Crippen molar-refractivity contribution in [2.24, 2.45) is 10.4 Å². The van der Waals surface area contributed by atoms with Crippen LogP contribution in [0.3, 0.4) is 0 Å². The highest BCUT2D eigenvalue weighted by atomic mass is 16.6. The quantitative estimate of drug-likeness (QED) is 0.728. The third-order valence-corrected chi connectivity index (χ3v) is 4.23. The van der Waals surface area contributed by atoms with Gasteiger partial charge in [-0.05, 0) is 20.8 Å². The molecule has 1 fully saturated rings. The molecule has 1 atom stereocenters. The molecule has 1 saturated heterocycles. The SMILES string of the molecule is CC(C)(C)OC(=O)N1CCN2C(NCCNC(=O)C(C)(C)C)=NCC2C1. The smallest absolute Gasteiger partial charge is 0.410 e. The summed E-state index contributed by atoms with van der Waals surface area (Å²) < 4.78 is 5.46. The molecule has 2 aliphatic rings. The van der Waals surface area contributed by atoms with Crippen molar-refractivity contribution < 1.29 is 14.3 Å². The topological polar surface area (TPSA) is 86.3 Å². The van der Waals surface area contributed by atoms with E-state index >= 15 is 0 Å². The Morgan fingerprint density at radius 3 is 2.46 bits per heavy atom. The molecular weight excluding hydrogens is 334 g/mol. The van der Waals surface area contributed by atoms with Crippen LogP contribution in [0.25, 0.3) is 0 Å². The number of nitrogens with zero attached hydrogens (tertiary/aromatic N) is 3. The Hall–Kier alpha value is -1.99. The zero-order chi connectivity index (χ0) is 19.5. The third-order valence-electron chi connectivity index (χ3n) is 4.23. The van der Waals surface area contributed by atoms with Crippen LogP contribution in [0.1, 0.15) is 41.5 Å². The fourth-order valence-corrected chi connectivity index (χ4v) is 2.84. The van der Waals surface area contributed by atoms with Gasteiger partial charge in [0.25, 0.3) is 0 Å². The number of amides is 2. The van der Waals surface area contributed by atoms with Gasteiger partial charge >= 0.3 is 6.09 Å². The van der Waals surface area contributed by atoms with Gasteiger partial charge < -0.3 is 25.2 Å². The average molecular weight is 367 g/mol. The molecule has 148 valence electrons. The fraction of sp³-hybridized carbons (Fsp3) is 0.833. The normalized spacial score (nSPS) is 20.4. The molecule has 0 bridgehead atoms. The van der Waals surface area contributed by atoms with Crippen LogP contribution in [0.15, 0.2) is 4.99 Å². The van der Waals surface area contributed by atoms with Crippen LogP contribution >= 0.6 is 0 Å². The second-order valence-electron chi connectivity index (χ2n) is 8.87. The maximum atomic E-state index is 12.2. The number of fused-ring (bicyclic) bond motifs is 1. The fourth-order valence-electron chi connectivity index (χ4n) is 2.84. The highest BCUT2D eigenvalue weighted by molar-refractivity contribution is 5.83. The van der Waals surface area contributed by atoms with Gasteiger partial charge in [0.1, 0.15) is 5.60 Å². The monoisotopic (exact) mass is 367 g/mol. The van der Waals surface area contributed by atoms with E-state index in [-0.39, 0.29) is 23.5 Å². The highest BCUT2D eigenvalue weighted by Gasteiger charge is 2.36. The molecule has 0 aromatic rings. The van der Waals surface area contributed by atoms with Crippen LogP contribution in [0.4, 0.5) is 4.79 Å². The van der Waals surface area contributed by atoms with Crippen molar-refractivity contribution >= 4 is 18.0 Å². The number of hydrogen-bond acceptors (Lipinski definition) is 6. The van der Waals surface area contributed by atoms with Gasteiger partial charge in [-0.15, -0.1) is 0 Å². The number of carbonyl (C=O) groups excluding carboxylic acids is 2. The molecule has 8 nitrogen and oxygen atoms in total. The Labute approximate surface area is 156 Å². The van der Waals surface area contributed by atoms with Crippen molar-refractivity contribution in [3.05, 3.63) is 0 Å². The molecule has 0 aromatic carbocycles. The van der Waals surface area contributed by atoms with E-state index in [0.717, 1.165) is 12.5 Å². The molecular formula is C18H33N5O3. The molecule has 0 saturated carbocycles. The predicted molar refractivity (Wildman–Crippen MR) is 101 cm³/mol. The summed E-state index contributed by atoms with van der Waals surface area (Å²) in [4.78, 5) is 32.6. The number of aliphatic imine (C=N–C) groups is 1. The predicted octanol–water partition coefficient (Wildman–Crippen LogP) is 1.03. The van der Waals surface area contributed by atoms with Crippen LogP contribution < -0.4 is 10.6 Å². The minimum absolute atomic E-state index is 0.0384. The van der Waals surface area contributed by atoms with Crippen LogP contribution in [-0.2, 0) is 9.53 Å². The van der Waals surface area contributed by atoms with Gasteiger partial charge in [0.05, 0.1) is 12.6 Å². The van der Waals surface area contributed by atoms with E-state index in [1.807, 2.05) is 41.5 Å². The van der Waals surface area contributed by atoms with Crippen molar-refractivity contribution in [3.63, 3.8) is 0 Å². The summed E-state index contributed by atoms with van der Waals surface area (Å²) in [6, 6.07) is 0.183. The average Bonchev–Trinajstić information content (AvgIpc) is 2.91. The summed E-state index contributed by atoms with van der Waals surface area (Å²) in [6.45, 7) is 15.1. The number of nitrogens with one attached hydrogen (secondary N) is 2. The van der Waals surface area contributed by atoms with Gasteiger partial charge in [-0.3, -0.25) is 9.79 Å². The van der Waals surface area contributed by atoms with Crippen LogP contribution in [0.5, 0.6) is 0 Å². The van der Waals surface area contributed by atoms with Crippen molar-refractivity contribution in [2.45, 2.75) is 53.2 Å². The molecule has 0 aromatic heterocycles. The molecule has 2 rings (SSSR count). The lowest BCUT2D eigenvalue weighted by Crippen LogP contribution is -2.58. The Morgan fingerprint density at radius 1 is 1.15 bits per heavy atom. The van der Waals surface area contributed by atoms with Crippen molar-refractivity contribution in [1.82, 2.24) is 20.4 Å². The zero-order valence-corrected chi connectivity index (χ0v) is 16.9. The van der Waals surface area contributed by atoms with Crippen LogP contribution in [-0.4, -0.2) is 78.7 Å². The molecule has 0 radical (unpaired) electrons. The summed E-state index contributed by atoms with van der Waals surface area (Å²) in [5.74, 6) is 0.889. The molecule has 8 heteroatoms. The van der Waals surface area contributed by atoms with Gasteiger partial charge in [-0.25, -0.2) is 4.79 Å². The molecule has 2 heterocycles. The van der Waals surface area contributed by atoms with E-state index in [9.17, 15) is 9.59 Å². The number of guanidine groups is 1. The van der Waals surface area contributed by atoms with Crippen LogP contribution in [0, 0.1) is 5.41 Å². The first kappa shape index (κ1) is 20.3. The van der Waals surface area contributed by atoms with E-state index in [1.165, 1.54) is 0 Å². The first-order valence-corrected chi connectivity index (χ1v) is 9.28. The number of ether oxygens (including phenoxy) is 1. The van der Waals surface area contributed by atoms with Gasteiger partial charge in [-0.1, -0.05) is 20.8 Å². The number of rotatable bonds is 3. The number of hydrogen-bond donors (Lipinski definition) is 2. The van der Waals surface area contributed by atoms with E-state index in [1.54, 1.807) is 4.90 Å².